The van der Waals surface area contributed by atoms with Gasteiger partial charge in [0.05, 0.1) is 16.6 Å². The fourth-order valence-electron chi connectivity index (χ4n) is 6.79. The molecule has 0 saturated heterocycles. The van der Waals surface area contributed by atoms with Gasteiger partial charge in [-0.25, -0.2) is 4.98 Å². The van der Waals surface area contributed by atoms with E-state index in [1.165, 1.54) is 36.3 Å². The number of hydrogen-bond donors (Lipinski definition) is 0. The number of hydrogen-bond acceptors (Lipinski definition) is 4. The zero-order chi connectivity index (χ0) is 30.9. The molecule has 0 spiro atoms. The largest absolute Gasteiger partial charge is 0.316 e. The van der Waals surface area contributed by atoms with Gasteiger partial charge in [0.15, 0.2) is 11.6 Å². The van der Waals surface area contributed by atoms with E-state index in [0.29, 0.717) is 17.6 Å². The first kappa shape index (κ1) is 26.1. The Morgan fingerprint density at radius 2 is 1.06 bits per heavy atom. The third-order valence-electron chi connectivity index (χ3n) is 9.00. The van der Waals surface area contributed by atoms with E-state index in [1.54, 1.807) is 0 Å². The van der Waals surface area contributed by atoms with Crippen LogP contribution in [-0.2, 0) is 0 Å². The van der Waals surface area contributed by atoms with E-state index in [9.17, 15) is 0 Å². The van der Waals surface area contributed by atoms with Crippen molar-refractivity contribution in [2.75, 3.05) is 0 Å². The van der Waals surface area contributed by atoms with Crippen molar-refractivity contribution < 1.29 is 0 Å². The van der Waals surface area contributed by atoms with Gasteiger partial charge < -0.3 is 4.57 Å². The highest BCUT2D eigenvalue weighted by Crippen LogP contribution is 2.41. The molecule has 0 bridgehead atoms. The van der Waals surface area contributed by atoms with E-state index in [4.69, 9.17) is 15.0 Å². The predicted octanol–water partition coefficient (Wildman–Crippen LogP) is 10.6. The summed E-state index contributed by atoms with van der Waals surface area (Å²) in [6, 6.07) is 51.0. The van der Waals surface area contributed by atoms with Gasteiger partial charge in [-0.2, -0.15) is 9.97 Å². The highest BCUT2D eigenvalue weighted by atomic mass is 32.1. The summed E-state index contributed by atoms with van der Waals surface area (Å²) in [5.74, 6) is 1.87. The third kappa shape index (κ3) is 4.12. The second-order valence-corrected chi connectivity index (χ2v) is 12.8. The molecule has 0 saturated carbocycles. The minimum atomic E-state index is 0.591. The van der Waals surface area contributed by atoms with Crippen molar-refractivity contribution in [3.8, 4) is 34.4 Å². The van der Waals surface area contributed by atoms with Crippen LogP contribution in [0.3, 0.4) is 0 Å². The molecule has 6 aromatic carbocycles. The molecule has 6 heteroatoms. The first-order valence-corrected chi connectivity index (χ1v) is 16.4. The summed E-state index contributed by atoms with van der Waals surface area (Å²) in [7, 11) is 0. The van der Waals surface area contributed by atoms with Crippen molar-refractivity contribution in [1.29, 1.82) is 0 Å². The molecule has 0 aliphatic carbocycles. The molecule has 220 valence electrons. The summed E-state index contributed by atoms with van der Waals surface area (Å²) in [5.41, 5.74) is 6.25. The smallest absolute Gasteiger partial charge is 0.238 e. The molecule has 0 aliphatic heterocycles. The average molecular weight is 620 g/mol. The van der Waals surface area contributed by atoms with Crippen LogP contribution in [-0.4, -0.2) is 24.1 Å². The molecule has 0 N–H and O–H groups in total. The average Bonchev–Trinajstić information content (AvgIpc) is 3.81. The SMILES string of the molecule is c1ccc(-c2nc(-c3ccccc3)nc(-n3c4cc5c(cc4c4cc6ccn(-c7ccccc7)c6cc43)sc3ccccc35)n2)cc1. The van der Waals surface area contributed by atoms with Crippen molar-refractivity contribution in [3.05, 3.63) is 152 Å². The van der Waals surface area contributed by atoms with Crippen LogP contribution in [0.15, 0.2) is 152 Å². The van der Waals surface area contributed by atoms with Crippen LogP contribution >= 0.6 is 11.3 Å². The Kier molecular flexibility index (Phi) is 5.68. The van der Waals surface area contributed by atoms with Gasteiger partial charge in [-0.3, -0.25) is 4.57 Å². The minimum Gasteiger partial charge on any atom is -0.316 e. The predicted molar refractivity (Wildman–Crippen MR) is 195 cm³/mol. The van der Waals surface area contributed by atoms with Crippen molar-refractivity contribution in [1.82, 2.24) is 24.1 Å². The minimum absolute atomic E-state index is 0.591. The van der Waals surface area contributed by atoms with Crippen LogP contribution in [0, 0.1) is 0 Å². The lowest BCUT2D eigenvalue weighted by atomic mass is 10.1. The molecule has 4 heterocycles. The summed E-state index contributed by atoms with van der Waals surface area (Å²) < 4.78 is 7.04. The van der Waals surface area contributed by atoms with Crippen LogP contribution in [0.25, 0.3) is 87.3 Å². The topological polar surface area (TPSA) is 48.5 Å². The Morgan fingerprint density at radius 3 is 1.79 bits per heavy atom. The van der Waals surface area contributed by atoms with Gasteiger partial charge in [-0.05, 0) is 48.5 Å². The van der Waals surface area contributed by atoms with E-state index in [2.05, 4.69) is 125 Å². The number of aromatic nitrogens is 5. The fourth-order valence-corrected chi connectivity index (χ4v) is 7.92. The maximum Gasteiger partial charge on any atom is 0.238 e. The van der Waals surface area contributed by atoms with Crippen molar-refractivity contribution in [2.24, 2.45) is 0 Å². The van der Waals surface area contributed by atoms with Crippen LogP contribution in [0.2, 0.25) is 0 Å². The molecule has 4 aromatic heterocycles. The van der Waals surface area contributed by atoms with Gasteiger partial charge in [-0.15, -0.1) is 11.3 Å². The molecular formula is C41H25N5S. The van der Waals surface area contributed by atoms with Crippen molar-refractivity contribution >= 4 is 64.2 Å². The number of fused-ring (bicyclic) bond motifs is 7. The Hall–Kier alpha value is -6.11. The molecule has 0 atom stereocenters. The fraction of sp³-hybridized carbons (Fsp3) is 0. The lowest BCUT2D eigenvalue weighted by Crippen LogP contribution is -2.06. The van der Waals surface area contributed by atoms with Crippen LogP contribution in [0.1, 0.15) is 0 Å². The number of benzene rings is 6. The summed E-state index contributed by atoms with van der Waals surface area (Å²) in [6.45, 7) is 0. The van der Waals surface area contributed by atoms with Gasteiger partial charge >= 0.3 is 0 Å². The molecule has 10 aromatic rings. The number of thiophene rings is 1. The standard InChI is InChI=1S/C41H25N5S/c1-4-12-26(13-5-1)39-42-40(27-14-6-2-7-15-27)44-41(43-39)46-35-23-33-30-18-10-11-19-37(30)47-38(33)24-32(35)31-22-28-20-21-45(34(28)25-36(31)46)29-16-8-3-9-17-29/h1-25H. The number of rotatable bonds is 4. The second-order valence-electron chi connectivity index (χ2n) is 11.8. The molecule has 47 heavy (non-hydrogen) atoms. The molecule has 5 nitrogen and oxygen atoms in total. The molecule has 0 radical (unpaired) electrons. The first-order chi connectivity index (χ1) is 23.3. The lowest BCUT2D eigenvalue weighted by molar-refractivity contribution is 0.954. The Labute approximate surface area is 273 Å². The Morgan fingerprint density at radius 1 is 0.447 bits per heavy atom. The maximum absolute atomic E-state index is 5.19. The Balaban J connectivity index is 1.34. The van der Waals surface area contributed by atoms with Crippen LogP contribution in [0.5, 0.6) is 0 Å². The van der Waals surface area contributed by atoms with Gasteiger partial charge in [-0.1, -0.05) is 97.1 Å². The first-order valence-electron chi connectivity index (χ1n) is 15.6. The molecule has 0 unspecified atom stereocenters. The zero-order valence-corrected chi connectivity index (χ0v) is 25.9. The van der Waals surface area contributed by atoms with Gasteiger partial charge in [0.2, 0.25) is 5.95 Å². The summed E-state index contributed by atoms with van der Waals surface area (Å²) in [6.07, 6.45) is 2.15. The quantitative estimate of drug-likeness (QED) is 0.197. The van der Waals surface area contributed by atoms with E-state index >= 15 is 0 Å². The number of para-hydroxylation sites is 1. The molecule has 0 amide bonds. The number of nitrogens with zero attached hydrogens (tertiary/aromatic N) is 5. The molecule has 0 fully saturated rings. The maximum atomic E-state index is 5.19. The molecule has 0 aliphatic rings. The Bertz CT molecular complexity index is 2720. The summed E-state index contributed by atoms with van der Waals surface area (Å²) in [4.78, 5) is 15.4. The van der Waals surface area contributed by atoms with E-state index in [1.807, 2.05) is 47.7 Å². The molecule has 10 rings (SSSR count). The normalized spacial score (nSPS) is 11.8. The van der Waals surface area contributed by atoms with E-state index < -0.39 is 0 Å². The van der Waals surface area contributed by atoms with Crippen molar-refractivity contribution in [2.45, 2.75) is 0 Å². The van der Waals surface area contributed by atoms with Gasteiger partial charge in [0.25, 0.3) is 0 Å². The van der Waals surface area contributed by atoms with E-state index in [0.717, 1.165) is 33.4 Å². The monoisotopic (exact) mass is 619 g/mol. The third-order valence-corrected chi connectivity index (χ3v) is 10.1. The van der Waals surface area contributed by atoms with Crippen LogP contribution < -0.4 is 0 Å². The summed E-state index contributed by atoms with van der Waals surface area (Å²) in [5, 5.41) is 6.03. The highest BCUT2D eigenvalue weighted by molar-refractivity contribution is 7.25. The van der Waals surface area contributed by atoms with Gasteiger partial charge in [0, 0.05) is 59.3 Å². The van der Waals surface area contributed by atoms with E-state index in [-0.39, 0.29) is 0 Å². The lowest BCUT2D eigenvalue weighted by Gasteiger charge is -2.11. The molecular weight excluding hydrogens is 595 g/mol. The highest BCUT2D eigenvalue weighted by Gasteiger charge is 2.21. The van der Waals surface area contributed by atoms with Gasteiger partial charge in [0.1, 0.15) is 0 Å². The summed E-state index contributed by atoms with van der Waals surface area (Å²) >= 11 is 1.84. The van der Waals surface area contributed by atoms with Crippen LogP contribution in [0.4, 0.5) is 0 Å². The second kappa shape index (κ2) is 10.2. The van der Waals surface area contributed by atoms with Crippen molar-refractivity contribution in [3.63, 3.8) is 0 Å². The zero-order valence-electron chi connectivity index (χ0n) is 25.1.